The minimum absolute atomic E-state index is 0.0771. The number of amides is 2. The first-order valence-corrected chi connectivity index (χ1v) is 8.65. The van der Waals surface area contributed by atoms with Gasteiger partial charge in [-0.05, 0) is 55.7 Å². The van der Waals surface area contributed by atoms with Gasteiger partial charge < -0.3 is 10.2 Å². The highest BCUT2D eigenvalue weighted by molar-refractivity contribution is 5.87. The number of pyridine rings is 1. The standard InChI is InChI=1S/C18H23N3O2/c22-16(11-13-1-2-13)21-9-5-18(6-10-21)12-15(17(23)20-18)14-3-7-19-8-4-14/h3-4,7-8,13,15H,1-2,5-6,9-12H2,(H,20,23)/t15-/m1/s1. The zero-order valence-corrected chi connectivity index (χ0v) is 13.3. The van der Waals surface area contributed by atoms with Crippen molar-refractivity contribution >= 4 is 11.8 Å². The maximum Gasteiger partial charge on any atom is 0.228 e. The molecule has 2 amide bonds. The molecule has 2 aliphatic heterocycles. The lowest BCUT2D eigenvalue weighted by Gasteiger charge is -2.39. The molecule has 23 heavy (non-hydrogen) atoms. The number of nitrogens with one attached hydrogen (secondary N) is 1. The first-order valence-electron chi connectivity index (χ1n) is 8.65. The fourth-order valence-corrected chi connectivity index (χ4v) is 3.96. The van der Waals surface area contributed by atoms with Gasteiger partial charge in [-0.15, -0.1) is 0 Å². The van der Waals surface area contributed by atoms with Crippen molar-refractivity contribution in [1.82, 2.24) is 15.2 Å². The van der Waals surface area contributed by atoms with E-state index >= 15 is 0 Å². The van der Waals surface area contributed by atoms with Crippen molar-refractivity contribution in [2.75, 3.05) is 13.1 Å². The molecule has 5 heteroatoms. The molecule has 4 rings (SSSR count). The van der Waals surface area contributed by atoms with Gasteiger partial charge in [0.15, 0.2) is 0 Å². The van der Waals surface area contributed by atoms with E-state index in [1.54, 1.807) is 12.4 Å². The van der Waals surface area contributed by atoms with Gasteiger partial charge >= 0.3 is 0 Å². The van der Waals surface area contributed by atoms with Crippen LogP contribution in [0, 0.1) is 5.92 Å². The predicted molar refractivity (Wildman–Crippen MR) is 85.6 cm³/mol. The second-order valence-electron chi connectivity index (χ2n) is 7.34. The highest BCUT2D eigenvalue weighted by atomic mass is 16.2. The Morgan fingerprint density at radius 3 is 2.61 bits per heavy atom. The molecule has 0 radical (unpaired) electrons. The van der Waals surface area contributed by atoms with Gasteiger partial charge in [0.05, 0.1) is 5.92 Å². The van der Waals surface area contributed by atoms with Gasteiger partial charge in [-0.25, -0.2) is 0 Å². The summed E-state index contributed by atoms with van der Waals surface area (Å²) in [7, 11) is 0. The molecule has 3 fully saturated rings. The number of likely N-dealkylation sites (tertiary alicyclic amines) is 1. The second kappa shape index (κ2) is 5.62. The summed E-state index contributed by atoms with van der Waals surface area (Å²) in [5.74, 6) is 0.985. The summed E-state index contributed by atoms with van der Waals surface area (Å²) in [6, 6.07) is 3.86. The molecule has 0 bridgehead atoms. The molecule has 3 heterocycles. The first-order chi connectivity index (χ1) is 11.2. The Bertz CT molecular complexity index is 604. The van der Waals surface area contributed by atoms with E-state index < -0.39 is 0 Å². The van der Waals surface area contributed by atoms with Crippen molar-refractivity contribution in [2.24, 2.45) is 5.92 Å². The number of aromatic nitrogens is 1. The van der Waals surface area contributed by atoms with Crippen molar-refractivity contribution in [1.29, 1.82) is 0 Å². The number of piperidine rings is 1. The number of nitrogens with zero attached hydrogens (tertiary/aromatic N) is 2. The molecule has 2 saturated heterocycles. The van der Waals surface area contributed by atoms with Gasteiger partial charge in [0.25, 0.3) is 0 Å². The van der Waals surface area contributed by atoms with Crippen LogP contribution >= 0.6 is 0 Å². The highest BCUT2D eigenvalue weighted by Gasteiger charge is 2.46. The minimum Gasteiger partial charge on any atom is -0.350 e. The van der Waals surface area contributed by atoms with Gasteiger partial charge in [0, 0.05) is 37.4 Å². The SMILES string of the molecule is O=C1NC2(CCN(C(=O)CC3CC3)CC2)C[C@@H]1c1ccncc1. The summed E-state index contributed by atoms with van der Waals surface area (Å²) in [5, 5.41) is 3.23. The van der Waals surface area contributed by atoms with Crippen LogP contribution in [0.4, 0.5) is 0 Å². The van der Waals surface area contributed by atoms with E-state index in [9.17, 15) is 9.59 Å². The predicted octanol–water partition coefficient (Wildman–Crippen LogP) is 1.85. The first kappa shape index (κ1) is 14.7. The van der Waals surface area contributed by atoms with Gasteiger partial charge in [-0.2, -0.15) is 0 Å². The van der Waals surface area contributed by atoms with E-state index in [-0.39, 0.29) is 17.4 Å². The van der Waals surface area contributed by atoms with Crippen molar-refractivity contribution in [2.45, 2.75) is 50.0 Å². The molecule has 0 unspecified atom stereocenters. The second-order valence-corrected chi connectivity index (χ2v) is 7.34. The van der Waals surface area contributed by atoms with Gasteiger partial charge in [0.1, 0.15) is 0 Å². The number of carbonyl (C=O) groups excluding carboxylic acids is 2. The normalized spacial score (nSPS) is 26.3. The maximum atomic E-state index is 12.4. The fraction of sp³-hybridized carbons (Fsp3) is 0.611. The van der Waals surface area contributed by atoms with E-state index in [0.29, 0.717) is 11.8 Å². The largest absolute Gasteiger partial charge is 0.350 e. The Morgan fingerprint density at radius 2 is 1.96 bits per heavy atom. The number of hydrogen-bond donors (Lipinski definition) is 1. The van der Waals surface area contributed by atoms with E-state index in [2.05, 4.69) is 10.3 Å². The van der Waals surface area contributed by atoms with Crippen LogP contribution in [-0.2, 0) is 9.59 Å². The van der Waals surface area contributed by atoms with Crippen LogP contribution in [0.15, 0.2) is 24.5 Å². The van der Waals surface area contributed by atoms with Crippen LogP contribution in [0.1, 0.15) is 50.0 Å². The summed E-state index contributed by atoms with van der Waals surface area (Å²) in [6.45, 7) is 1.55. The number of carbonyl (C=O) groups is 2. The molecule has 0 aromatic carbocycles. The van der Waals surface area contributed by atoms with Crippen LogP contribution in [0.25, 0.3) is 0 Å². The van der Waals surface area contributed by atoms with E-state index in [1.165, 1.54) is 12.8 Å². The molecule has 5 nitrogen and oxygen atoms in total. The summed E-state index contributed by atoms with van der Waals surface area (Å²) in [6.07, 6.45) is 9.22. The van der Waals surface area contributed by atoms with E-state index in [0.717, 1.165) is 44.3 Å². The Morgan fingerprint density at radius 1 is 1.26 bits per heavy atom. The third-order valence-electron chi connectivity index (χ3n) is 5.64. The van der Waals surface area contributed by atoms with E-state index in [1.807, 2.05) is 17.0 Å². The lowest BCUT2D eigenvalue weighted by molar-refractivity contribution is -0.133. The molecule has 1 N–H and O–H groups in total. The van der Waals surface area contributed by atoms with Gasteiger partial charge in [-0.3, -0.25) is 14.6 Å². The Labute approximate surface area is 136 Å². The van der Waals surface area contributed by atoms with Crippen LogP contribution in [0.3, 0.4) is 0 Å². The molecule has 3 aliphatic rings. The average Bonchev–Trinajstić information content (AvgIpc) is 3.32. The highest BCUT2D eigenvalue weighted by Crippen LogP contribution is 2.40. The van der Waals surface area contributed by atoms with Crippen LogP contribution in [0.2, 0.25) is 0 Å². The van der Waals surface area contributed by atoms with Gasteiger partial charge in [-0.1, -0.05) is 0 Å². The number of hydrogen-bond acceptors (Lipinski definition) is 3. The quantitative estimate of drug-likeness (QED) is 0.926. The van der Waals surface area contributed by atoms with Crippen LogP contribution < -0.4 is 5.32 Å². The Balaban J connectivity index is 1.39. The smallest absolute Gasteiger partial charge is 0.228 e. The molecule has 1 aliphatic carbocycles. The minimum atomic E-state index is -0.124. The third-order valence-corrected chi connectivity index (χ3v) is 5.64. The molecule has 122 valence electrons. The van der Waals surface area contributed by atoms with Crippen molar-refractivity contribution < 1.29 is 9.59 Å². The van der Waals surface area contributed by atoms with Gasteiger partial charge in [0.2, 0.25) is 11.8 Å². The van der Waals surface area contributed by atoms with Crippen molar-refractivity contribution in [3.05, 3.63) is 30.1 Å². The van der Waals surface area contributed by atoms with E-state index in [4.69, 9.17) is 0 Å². The average molecular weight is 313 g/mol. The molecule has 1 aromatic heterocycles. The zero-order valence-electron chi connectivity index (χ0n) is 13.3. The summed E-state index contributed by atoms with van der Waals surface area (Å²) in [4.78, 5) is 30.7. The van der Waals surface area contributed by atoms with Crippen molar-refractivity contribution in [3.8, 4) is 0 Å². The maximum absolute atomic E-state index is 12.4. The Hall–Kier alpha value is -1.91. The summed E-state index contributed by atoms with van der Waals surface area (Å²) < 4.78 is 0. The number of rotatable bonds is 3. The zero-order chi connectivity index (χ0) is 15.9. The topological polar surface area (TPSA) is 62.3 Å². The molecular weight excluding hydrogens is 290 g/mol. The van der Waals surface area contributed by atoms with Crippen LogP contribution in [0.5, 0.6) is 0 Å². The lowest BCUT2D eigenvalue weighted by Crippen LogP contribution is -2.52. The van der Waals surface area contributed by atoms with Crippen molar-refractivity contribution in [3.63, 3.8) is 0 Å². The monoisotopic (exact) mass is 313 g/mol. The molecular formula is C18H23N3O2. The van der Waals surface area contributed by atoms with Crippen LogP contribution in [-0.4, -0.2) is 40.3 Å². The molecule has 1 saturated carbocycles. The molecule has 1 aromatic rings. The summed E-state index contributed by atoms with van der Waals surface area (Å²) in [5.41, 5.74) is 0.920. The molecule has 1 atom stereocenters. The molecule has 1 spiro atoms. The third kappa shape index (κ3) is 2.96. The lowest BCUT2D eigenvalue weighted by atomic mass is 9.82. The Kier molecular flexibility index (Phi) is 3.58. The summed E-state index contributed by atoms with van der Waals surface area (Å²) >= 11 is 0. The fourth-order valence-electron chi connectivity index (χ4n) is 3.96.